The van der Waals surface area contributed by atoms with Crippen molar-refractivity contribution < 1.29 is 31.1 Å². The van der Waals surface area contributed by atoms with E-state index in [0.29, 0.717) is 0 Å². The van der Waals surface area contributed by atoms with E-state index < -0.39 is 31.2 Å². The van der Waals surface area contributed by atoms with Gasteiger partial charge in [0.25, 0.3) is 12.3 Å². The van der Waals surface area contributed by atoms with Crippen molar-refractivity contribution in [2.75, 3.05) is 6.54 Å². The van der Waals surface area contributed by atoms with Crippen LogP contribution in [-0.2, 0) is 4.79 Å². The van der Waals surface area contributed by atoms with Gasteiger partial charge in [0.2, 0.25) is 0 Å². The van der Waals surface area contributed by atoms with E-state index >= 15 is 0 Å². The number of halogens is 6. The summed E-state index contributed by atoms with van der Waals surface area (Å²) in [6, 6.07) is 0. The first-order chi connectivity index (χ1) is 5.78. The standard InChI is InChI=1S/C5H5F6NO/c6-2(7)1-12-4(13)5(10,11)3(8)9/h2-3H,1H2,(H,12,13). The van der Waals surface area contributed by atoms with Crippen molar-refractivity contribution in [3.63, 3.8) is 0 Å². The molecule has 0 aliphatic heterocycles. The van der Waals surface area contributed by atoms with E-state index in [1.54, 1.807) is 0 Å². The fourth-order valence-electron chi connectivity index (χ4n) is 0.387. The van der Waals surface area contributed by atoms with Gasteiger partial charge >= 0.3 is 12.3 Å². The normalized spacial score (nSPS) is 12.3. The van der Waals surface area contributed by atoms with Gasteiger partial charge in [-0.2, -0.15) is 8.78 Å². The van der Waals surface area contributed by atoms with Crippen LogP contribution < -0.4 is 5.32 Å². The largest absolute Gasteiger partial charge is 0.383 e. The molecule has 0 atom stereocenters. The third kappa shape index (κ3) is 3.51. The number of hydrogen-bond donors (Lipinski definition) is 1. The van der Waals surface area contributed by atoms with Gasteiger partial charge in [-0.1, -0.05) is 0 Å². The Morgan fingerprint density at radius 1 is 1.23 bits per heavy atom. The molecule has 0 unspecified atom stereocenters. The predicted molar refractivity (Wildman–Crippen MR) is 30.0 cm³/mol. The third-order valence-corrected chi connectivity index (χ3v) is 0.994. The molecule has 13 heavy (non-hydrogen) atoms. The van der Waals surface area contributed by atoms with Crippen molar-refractivity contribution in [1.29, 1.82) is 0 Å². The van der Waals surface area contributed by atoms with Gasteiger partial charge in [-0.3, -0.25) is 4.79 Å². The number of hydrogen-bond acceptors (Lipinski definition) is 1. The lowest BCUT2D eigenvalue weighted by Crippen LogP contribution is -2.46. The summed E-state index contributed by atoms with van der Waals surface area (Å²) in [5.74, 6) is -7.32. The van der Waals surface area contributed by atoms with E-state index in [9.17, 15) is 31.1 Å². The van der Waals surface area contributed by atoms with Crippen LogP contribution in [0.15, 0.2) is 0 Å². The number of carbonyl (C=O) groups is 1. The monoisotopic (exact) mass is 209 g/mol. The Morgan fingerprint density at radius 3 is 2.00 bits per heavy atom. The molecule has 0 heterocycles. The van der Waals surface area contributed by atoms with E-state index in [1.807, 2.05) is 0 Å². The summed E-state index contributed by atoms with van der Waals surface area (Å²) in [6.45, 7) is -1.37. The van der Waals surface area contributed by atoms with Gasteiger partial charge in [0.15, 0.2) is 0 Å². The van der Waals surface area contributed by atoms with Crippen LogP contribution in [0.5, 0.6) is 0 Å². The highest BCUT2D eigenvalue weighted by Gasteiger charge is 2.48. The Labute approximate surface area is 68.9 Å². The number of amides is 1. The molecule has 2 nitrogen and oxygen atoms in total. The van der Waals surface area contributed by atoms with Crippen LogP contribution in [0, 0.1) is 0 Å². The highest BCUT2D eigenvalue weighted by Crippen LogP contribution is 2.22. The lowest BCUT2D eigenvalue weighted by atomic mass is 10.3. The van der Waals surface area contributed by atoms with Crippen LogP contribution in [0.3, 0.4) is 0 Å². The van der Waals surface area contributed by atoms with Crippen LogP contribution in [0.25, 0.3) is 0 Å². The Morgan fingerprint density at radius 2 is 1.69 bits per heavy atom. The van der Waals surface area contributed by atoms with E-state index in [-0.39, 0.29) is 0 Å². The molecule has 1 N–H and O–H groups in total. The van der Waals surface area contributed by atoms with Gasteiger partial charge in [0.05, 0.1) is 6.54 Å². The van der Waals surface area contributed by atoms with Gasteiger partial charge in [-0.25, -0.2) is 17.6 Å². The minimum Gasteiger partial charge on any atom is -0.345 e. The maximum absolute atomic E-state index is 12.0. The number of carbonyl (C=O) groups excluding carboxylic acids is 1. The average molecular weight is 209 g/mol. The van der Waals surface area contributed by atoms with Gasteiger partial charge in [-0.15, -0.1) is 0 Å². The second kappa shape index (κ2) is 4.33. The molecule has 0 saturated heterocycles. The summed E-state index contributed by atoms with van der Waals surface area (Å²) in [4.78, 5) is 10.1. The predicted octanol–water partition coefficient (Wildman–Crippen LogP) is 1.27. The maximum Gasteiger partial charge on any atom is 0.383 e. The molecule has 0 fully saturated rings. The first-order valence-corrected chi connectivity index (χ1v) is 3.01. The first kappa shape index (κ1) is 12.0. The van der Waals surface area contributed by atoms with E-state index in [1.165, 1.54) is 0 Å². The molecule has 0 saturated carbocycles. The molecule has 0 aliphatic rings. The number of rotatable bonds is 4. The second-order valence-corrected chi connectivity index (χ2v) is 2.02. The van der Waals surface area contributed by atoms with Crippen molar-refractivity contribution >= 4 is 5.91 Å². The minimum absolute atomic E-state index is 0.985. The van der Waals surface area contributed by atoms with E-state index in [2.05, 4.69) is 0 Å². The lowest BCUT2D eigenvalue weighted by molar-refractivity contribution is -0.169. The fourth-order valence-corrected chi connectivity index (χ4v) is 0.387. The van der Waals surface area contributed by atoms with Crippen LogP contribution in [-0.4, -0.2) is 31.2 Å². The molecule has 1 amide bonds. The average Bonchev–Trinajstić information content (AvgIpc) is 1.99. The molecule has 0 spiro atoms. The highest BCUT2D eigenvalue weighted by atomic mass is 19.3. The summed E-state index contributed by atoms with van der Waals surface area (Å²) in [6.07, 6.45) is -7.26. The van der Waals surface area contributed by atoms with Gasteiger partial charge in [0, 0.05) is 0 Å². The summed E-state index contributed by atoms with van der Waals surface area (Å²) in [5, 5.41) is 0.985. The molecule has 0 aromatic heterocycles. The summed E-state index contributed by atoms with van der Waals surface area (Å²) >= 11 is 0. The Balaban J connectivity index is 4.10. The van der Waals surface area contributed by atoms with E-state index in [4.69, 9.17) is 0 Å². The van der Waals surface area contributed by atoms with E-state index in [0.717, 1.165) is 5.32 Å². The Hall–Kier alpha value is -0.950. The van der Waals surface area contributed by atoms with Crippen LogP contribution in [0.4, 0.5) is 26.3 Å². The van der Waals surface area contributed by atoms with Crippen molar-refractivity contribution in [3.05, 3.63) is 0 Å². The third-order valence-electron chi connectivity index (χ3n) is 0.994. The van der Waals surface area contributed by atoms with Crippen molar-refractivity contribution in [2.45, 2.75) is 18.8 Å². The SMILES string of the molecule is O=C(NCC(F)F)C(F)(F)C(F)F. The maximum atomic E-state index is 12.0. The van der Waals surface area contributed by atoms with Crippen molar-refractivity contribution in [1.82, 2.24) is 5.32 Å². The summed E-state index contributed by atoms with van der Waals surface area (Å²) < 4.78 is 69.4. The molecular weight excluding hydrogens is 204 g/mol. The molecule has 0 bridgehead atoms. The summed E-state index contributed by atoms with van der Waals surface area (Å²) in [7, 11) is 0. The van der Waals surface area contributed by atoms with Crippen LogP contribution in [0.2, 0.25) is 0 Å². The number of alkyl halides is 6. The quantitative estimate of drug-likeness (QED) is 0.694. The molecule has 0 radical (unpaired) electrons. The zero-order chi connectivity index (χ0) is 10.6. The Bertz CT molecular complexity index is 182. The van der Waals surface area contributed by atoms with Gasteiger partial charge < -0.3 is 5.32 Å². The fraction of sp³-hybridized carbons (Fsp3) is 0.800. The second-order valence-electron chi connectivity index (χ2n) is 2.02. The zero-order valence-electron chi connectivity index (χ0n) is 6.04. The molecule has 0 aromatic carbocycles. The molecule has 0 aromatic rings. The van der Waals surface area contributed by atoms with Crippen molar-refractivity contribution in [2.24, 2.45) is 0 Å². The highest BCUT2D eigenvalue weighted by molar-refractivity contribution is 5.83. The molecule has 0 aliphatic carbocycles. The van der Waals surface area contributed by atoms with Gasteiger partial charge in [-0.05, 0) is 0 Å². The molecule has 78 valence electrons. The van der Waals surface area contributed by atoms with Crippen LogP contribution >= 0.6 is 0 Å². The topological polar surface area (TPSA) is 29.1 Å². The van der Waals surface area contributed by atoms with Crippen molar-refractivity contribution in [3.8, 4) is 0 Å². The molecule has 0 rings (SSSR count). The Kier molecular flexibility index (Phi) is 4.02. The number of nitrogens with one attached hydrogen (secondary N) is 1. The molecule has 8 heteroatoms. The first-order valence-electron chi connectivity index (χ1n) is 3.01. The zero-order valence-corrected chi connectivity index (χ0v) is 6.04. The summed E-state index contributed by atoms with van der Waals surface area (Å²) in [5.41, 5.74) is 0. The van der Waals surface area contributed by atoms with Gasteiger partial charge in [0.1, 0.15) is 0 Å². The minimum atomic E-state index is -4.92. The van der Waals surface area contributed by atoms with Crippen LogP contribution in [0.1, 0.15) is 0 Å². The lowest BCUT2D eigenvalue weighted by Gasteiger charge is -2.14. The molecular formula is C5H5F6NO. The smallest absolute Gasteiger partial charge is 0.345 e.